The Morgan fingerprint density at radius 1 is 1.12 bits per heavy atom. The standard InChI is InChI=1S/C20H19N3O3/c1-25-17(24)15-9-7-14(8-10-15)13-21-19-23-22-18(26-19)20(11-12-20)16-5-3-2-4-6-16/h2-10H,11-13H2,1H3,(H,21,23). The molecule has 26 heavy (non-hydrogen) atoms. The summed E-state index contributed by atoms with van der Waals surface area (Å²) in [5.74, 6) is 0.314. The predicted octanol–water partition coefficient (Wildman–Crippen LogP) is 3.55. The number of rotatable bonds is 6. The summed E-state index contributed by atoms with van der Waals surface area (Å²) in [7, 11) is 1.37. The highest BCUT2D eigenvalue weighted by molar-refractivity contribution is 5.89. The van der Waals surface area contributed by atoms with E-state index >= 15 is 0 Å². The minimum Gasteiger partial charge on any atom is -0.465 e. The number of nitrogens with zero attached hydrogens (tertiary/aromatic N) is 2. The first-order valence-corrected chi connectivity index (χ1v) is 8.52. The maximum Gasteiger partial charge on any atom is 0.337 e. The third kappa shape index (κ3) is 3.06. The van der Waals surface area contributed by atoms with Gasteiger partial charge in [0.15, 0.2) is 0 Å². The van der Waals surface area contributed by atoms with E-state index in [0.717, 1.165) is 18.4 Å². The molecular weight excluding hydrogens is 330 g/mol. The smallest absolute Gasteiger partial charge is 0.337 e. The van der Waals surface area contributed by atoms with Crippen LogP contribution in [0.2, 0.25) is 0 Å². The van der Waals surface area contributed by atoms with Crippen LogP contribution in [0, 0.1) is 0 Å². The average Bonchev–Trinajstić information content (AvgIpc) is 3.38. The van der Waals surface area contributed by atoms with Crippen molar-refractivity contribution in [1.29, 1.82) is 0 Å². The van der Waals surface area contributed by atoms with Crippen molar-refractivity contribution in [3.63, 3.8) is 0 Å². The lowest BCUT2D eigenvalue weighted by Gasteiger charge is -2.10. The first kappa shape index (κ1) is 16.3. The van der Waals surface area contributed by atoms with Gasteiger partial charge in [-0.3, -0.25) is 0 Å². The molecule has 3 aromatic rings. The second-order valence-electron chi connectivity index (χ2n) is 6.40. The third-order valence-corrected chi connectivity index (χ3v) is 4.73. The number of carbonyl (C=O) groups is 1. The van der Waals surface area contributed by atoms with E-state index < -0.39 is 0 Å². The summed E-state index contributed by atoms with van der Waals surface area (Å²) in [5.41, 5.74) is 2.61. The third-order valence-electron chi connectivity index (χ3n) is 4.73. The zero-order valence-electron chi connectivity index (χ0n) is 14.4. The zero-order valence-corrected chi connectivity index (χ0v) is 14.4. The molecule has 0 amide bonds. The lowest BCUT2D eigenvalue weighted by Crippen LogP contribution is -2.08. The summed E-state index contributed by atoms with van der Waals surface area (Å²) >= 11 is 0. The Bertz CT molecular complexity index is 900. The summed E-state index contributed by atoms with van der Waals surface area (Å²) in [6.07, 6.45) is 2.04. The van der Waals surface area contributed by atoms with Crippen LogP contribution in [0.25, 0.3) is 0 Å². The Hall–Kier alpha value is -3.15. The molecule has 0 saturated heterocycles. The van der Waals surface area contributed by atoms with E-state index in [0.29, 0.717) is 24.0 Å². The van der Waals surface area contributed by atoms with Gasteiger partial charge in [-0.05, 0) is 36.1 Å². The van der Waals surface area contributed by atoms with Crippen molar-refractivity contribution in [3.05, 3.63) is 77.2 Å². The summed E-state index contributed by atoms with van der Waals surface area (Å²) in [6.45, 7) is 0.529. The number of methoxy groups -OCH3 is 1. The molecule has 2 aromatic carbocycles. The van der Waals surface area contributed by atoms with Gasteiger partial charge in [0.1, 0.15) is 0 Å². The normalized spacial score (nSPS) is 14.7. The molecule has 0 spiro atoms. The number of nitrogens with one attached hydrogen (secondary N) is 1. The summed E-state index contributed by atoms with van der Waals surface area (Å²) < 4.78 is 10.6. The summed E-state index contributed by atoms with van der Waals surface area (Å²) in [4.78, 5) is 11.5. The molecule has 0 radical (unpaired) electrons. The van der Waals surface area contributed by atoms with Crippen LogP contribution < -0.4 is 5.32 Å². The summed E-state index contributed by atoms with van der Waals surface area (Å²) in [5, 5.41) is 11.5. The van der Waals surface area contributed by atoms with Gasteiger partial charge in [0.05, 0.1) is 18.1 Å². The number of esters is 1. The molecule has 0 atom stereocenters. The van der Waals surface area contributed by atoms with Gasteiger partial charge in [-0.1, -0.05) is 47.6 Å². The number of aromatic nitrogens is 2. The molecule has 1 fully saturated rings. The largest absolute Gasteiger partial charge is 0.465 e. The molecule has 1 aliphatic rings. The fourth-order valence-electron chi connectivity index (χ4n) is 3.05. The molecular formula is C20H19N3O3. The minimum atomic E-state index is -0.346. The van der Waals surface area contributed by atoms with Crippen molar-refractivity contribution in [2.75, 3.05) is 12.4 Å². The summed E-state index contributed by atoms with van der Waals surface area (Å²) in [6, 6.07) is 17.9. The van der Waals surface area contributed by atoms with E-state index in [2.05, 4.69) is 27.6 Å². The number of ether oxygens (including phenoxy) is 1. The van der Waals surface area contributed by atoms with E-state index in [4.69, 9.17) is 9.15 Å². The van der Waals surface area contributed by atoms with E-state index in [1.165, 1.54) is 12.7 Å². The molecule has 0 unspecified atom stereocenters. The van der Waals surface area contributed by atoms with Crippen LogP contribution in [-0.2, 0) is 16.7 Å². The van der Waals surface area contributed by atoms with Crippen LogP contribution in [0.4, 0.5) is 6.01 Å². The molecule has 132 valence electrons. The Kier molecular flexibility index (Phi) is 4.16. The second-order valence-corrected chi connectivity index (χ2v) is 6.40. The average molecular weight is 349 g/mol. The fraction of sp³-hybridized carbons (Fsp3) is 0.250. The van der Waals surface area contributed by atoms with E-state index in [1.807, 2.05) is 30.3 Å². The molecule has 4 rings (SSSR count). The SMILES string of the molecule is COC(=O)c1ccc(CNc2nnc(C3(c4ccccc4)CC3)o2)cc1. The second kappa shape index (κ2) is 6.63. The number of benzene rings is 2. The van der Waals surface area contributed by atoms with E-state index in [1.54, 1.807) is 12.1 Å². The van der Waals surface area contributed by atoms with Crippen LogP contribution >= 0.6 is 0 Å². The highest BCUT2D eigenvalue weighted by Crippen LogP contribution is 2.52. The van der Waals surface area contributed by atoms with Crippen LogP contribution in [0.3, 0.4) is 0 Å². The molecule has 1 aliphatic carbocycles. The molecule has 1 heterocycles. The van der Waals surface area contributed by atoms with Gasteiger partial charge in [-0.25, -0.2) is 4.79 Å². The topological polar surface area (TPSA) is 77.2 Å². The maximum atomic E-state index is 11.5. The Labute approximate surface area is 151 Å². The van der Waals surface area contributed by atoms with Gasteiger partial charge in [-0.15, -0.1) is 5.10 Å². The van der Waals surface area contributed by atoms with E-state index in [9.17, 15) is 4.79 Å². The van der Waals surface area contributed by atoms with Gasteiger partial charge in [0, 0.05) is 6.54 Å². The number of carbonyl (C=O) groups excluding carboxylic acids is 1. The van der Waals surface area contributed by atoms with Gasteiger partial charge < -0.3 is 14.5 Å². The Balaban J connectivity index is 1.42. The number of anilines is 1. The van der Waals surface area contributed by atoms with Crippen molar-refractivity contribution < 1.29 is 13.9 Å². The highest BCUT2D eigenvalue weighted by atomic mass is 16.5. The predicted molar refractivity (Wildman–Crippen MR) is 95.9 cm³/mol. The first-order chi connectivity index (χ1) is 12.7. The van der Waals surface area contributed by atoms with Crippen molar-refractivity contribution in [1.82, 2.24) is 10.2 Å². The minimum absolute atomic E-state index is 0.129. The molecule has 6 heteroatoms. The van der Waals surface area contributed by atoms with Crippen molar-refractivity contribution in [2.24, 2.45) is 0 Å². The number of hydrogen-bond acceptors (Lipinski definition) is 6. The van der Waals surface area contributed by atoms with Crippen LogP contribution in [0.1, 0.15) is 40.2 Å². The van der Waals surface area contributed by atoms with Crippen molar-refractivity contribution in [2.45, 2.75) is 24.8 Å². The quantitative estimate of drug-likeness (QED) is 0.686. The zero-order chi connectivity index (χ0) is 18.0. The van der Waals surface area contributed by atoms with Gasteiger partial charge in [-0.2, -0.15) is 0 Å². The molecule has 1 aromatic heterocycles. The lowest BCUT2D eigenvalue weighted by atomic mass is 9.96. The van der Waals surface area contributed by atoms with Crippen molar-refractivity contribution in [3.8, 4) is 0 Å². The monoisotopic (exact) mass is 349 g/mol. The molecule has 1 saturated carbocycles. The van der Waals surface area contributed by atoms with E-state index in [-0.39, 0.29) is 11.4 Å². The number of hydrogen-bond donors (Lipinski definition) is 1. The maximum absolute atomic E-state index is 11.5. The first-order valence-electron chi connectivity index (χ1n) is 8.52. The van der Waals surface area contributed by atoms with Gasteiger partial charge in [0.2, 0.25) is 5.89 Å². The fourth-order valence-corrected chi connectivity index (χ4v) is 3.05. The Morgan fingerprint density at radius 2 is 1.85 bits per heavy atom. The van der Waals surface area contributed by atoms with Crippen LogP contribution in [0.15, 0.2) is 59.0 Å². The molecule has 6 nitrogen and oxygen atoms in total. The highest BCUT2D eigenvalue weighted by Gasteiger charge is 2.50. The van der Waals surface area contributed by atoms with Gasteiger partial charge in [0.25, 0.3) is 0 Å². The Morgan fingerprint density at radius 3 is 2.50 bits per heavy atom. The van der Waals surface area contributed by atoms with Crippen LogP contribution in [0.5, 0.6) is 0 Å². The van der Waals surface area contributed by atoms with Gasteiger partial charge >= 0.3 is 12.0 Å². The molecule has 0 bridgehead atoms. The van der Waals surface area contributed by atoms with Crippen molar-refractivity contribution >= 4 is 12.0 Å². The van der Waals surface area contributed by atoms with Crippen LogP contribution in [-0.4, -0.2) is 23.3 Å². The molecule has 0 aliphatic heterocycles. The molecule has 1 N–H and O–H groups in total. The lowest BCUT2D eigenvalue weighted by molar-refractivity contribution is 0.0600.